The fourth-order valence-corrected chi connectivity index (χ4v) is 4.13. The molecule has 0 saturated carbocycles. The first-order valence-electron chi connectivity index (χ1n) is 8.17. The highest BCUT2D eigenvalue weighted by Gasteiger charge is 2.29. The summed E-state index contributed by atoms with van der Waals surface area (Å²) in [6.07, 6.45) is 0.603. The number of rotatable bonds is 6. The van der Waals surface area contributed by atoms with Gasteiger partial charge in [-0.2, -0.15) is 4.31 Å². The number of ether oxygens (including phenoxy) is 1. The molecule has 0 radical (unpaired) electrons. The second-order valence-corrected chi connectivity index (χ2v) is 8.08. The summed E-state index contributed by atoms with van der Waals surface area (Å²) < 4.78 is 36.7. The summed E-state index contributed by atoms with van der Waals surface area (Å²) in [6, 6.07) is 10.0. The van der Waals surface area contributed by atoms with Gasteiger partial charge in [-0.15, -0.1) is 0 Å². The second-order valence-electron chi connectivity index (χ2n) is 5.77. The minimum Gasteiger partial charge on any atom is -0.438 e. The smallest absolute Gasteiger partial charge is 0.287 e. The van der Waals surface area contributed by atoms with Crippen molar-refractivity contribution in [2.24, 2.45) is 0 Å². The summed E-state index contributed by atoms with van der Waals surface area (Å²) in [4.78, 5) is 12.2. The van der Waals surface area contributed by atoms with Crippen LogP contribution in [0.15, 0.2) is 45.9 Å². The van der Waals surface area contributed by atoms with E-state index in [0.717, 1.165) is 5.56 Å². The topological polar surface area (TPSA) is 88.9 Å². The molecule has 2 aromatic rings. The standard InChI is InChI=1S/C17H19ClN2O5S/c18-14-3-1-2-13(12-14)6-7-19-17(21)15-4-5-16(25-15)26(22,23)20-8-10-24-11-9-20/h1-5,12H,6-11H2,(H,19,21). The number of sulfonamides is 1. The van der Waals surface area contributed by atoms with Crippen molar-refractivity contribution in [3.05, 3.63) is 52.7 Å². The molecule has 1 fully saturated rings. The van der Waals surface area contributed by atoms with E-state index in [2.05, 4.69) is 5.32 Å². The number of carbonyl (C=O) groups is 1. The minimum absolute atomic E-state index is 0.0390. The molecule has 1 amide bonds. The van der Waals surface area contributed by atoms with Gasteiger partial charge in [-0.1, -0.05) is 23.7 Å². The molecule has 0 unspecified atom stereocenters. The summed E-state index contributed by atoms with van der Waals surface area (Å²) in [7, 11) is -3.75. The molecular formula is C17H19ClN2O5S. The van der Waals surface area contributed by atoms with E-state index in [4.69, 9.17) is 20.8 Å². The van der Waals surface area contributed by atoms with Crippen LogP contribution < -0.4 is 5.32 Å². The number of amides is 1. The van der Waals surface area contributed by atoms with Gasteiger partial charge in [0, 0.05) is 24.7 Å². The third-order valence-corrected chi connectivity index (χ3v) is 5.97. The van der Waals surface area contributed by atoms with Crippen LogP contribution in [0.1, 0.15) is 16.1 Å². The van der Waals surface area contributed by atoms with Gasteiger partial charge >= 0.3 is 0 Å². The largest absolute Gasteiger partial charge is 0.438 e. The van der Waals surface area contributed by atoms with Crippen molar-refractivity contribution in [3.8, 4) is 0 Å². The van der Waals surface area contributed by atoms with Gasteiger partial charge < -0.3 is 14.5 Å². The lowest BCUT2D eigenvalue weighted by Gasteiger charge is -2.24. The van der Waals surface area contributed by atoms with Gasteiger partial charge in [0.25, 0.3) is 15.9 Å². The number of halogens is 1. The lowest BCUT2D eigenvalue weighted by molar-refractivity contribution is 0.0722. The molecule has 140 valence electrons. The zero-order chi connectivity index (χ0) is 18.6. The highest BCUT2D eigenvalue weighted by atomic mass is 35.5. The van der Waals surface area contributed by atoms with E-state index < -0.39 is 15.9 Å². The molecule has 1 N–H and O–H groups in total. The fraction of sp³-hybridized carbons (Fsp3) is 0.353. The molecule has 0 spiro atoms. The molecule has 1 aliphatic heterocycles. The number of hydrogen-bond donors (Lipinski definition) is 1. The highest BCUT2D eigenvalue weighted by molar-refractivity contribution is 7.89. The third-order valence-electron chi connectivity index (χ3n) is 3.96. The molecule has 9 heteroatoms. The first-order chi connectivity index (χ1) is 12.5. The number of nitrogens with one attached hydrogen (secondary N) is 1. The average molecular weight is 399 g/mol. The molecule has 0 bridgehead atoms. The van der Waals surface area contributed by atoms with Crippen LogP contribution in [0.4, 0.5) is 0 Å². The minimum atomic E-state index is -3.75. The Labute approximate surface area is 156 Å². The van der Waals surface area contributed by atoms with Crippen molar-refractivity contribution in [2.75, 3.05) is 32.8 Å². The summed E-state index contributed by atoms with van der Waals surface area (Å²) >= 11 is 5.92. The first kappa shape index (κ1) is 18.9. The number of hydrogen-bond acceptors (Lipinski definition) is 5. The molecule has 1 aromatic heterocycles. The molecule has 0 atom stereocenters. The molecule has 26 heavy (non-hydrogen) atoms. The van der Waals surface area contributed by atoms with Crippen LogP contribution in [0, 0.1) is 0 Å². The number of furan rings is 1. The van der Waals surface area contributed by atoms with E-state index in [1.807, 2.05) is 18.2 Å². The van der Waals surface area contributed by atoms with Gasteiger partial charge in [-0.3, -0.25) is 4.79 Å². The first-order valence-corrected chi connectivity index (χ1v) is 9.99. The van der Waals surface area contributed by atoms with Crippen LogP contribution in [0.25, 0.3) is 0 Å². The van der Waals surface area contributed by atoms with Crippen LogP contribution in [0.3, 0.4) is 0 Å². The van der Waals surface area contributed by atoms with Crippen molar-refractivity contribution in [1.29, 1.82) is 0 Å². The molecule has 3 rings (SSSR count). The normalized spacial score (nSPS) is 15.7. The second kappa shape index (κ2) is 8.22. The van der Waals surface area contributed by atoms with Crippen LogP contribution >= 0.6 is 11.6 Å². The Morgan fingerprint density at radius 1 is 1.19 bits per heavy atom. The van der Waals surface area contributed by atoms with E-state index in [1.165, 1.54) is 16.4 Å². The Hall–Kier alpha value is -1.87. The summed E-state index contributed by atoms with van der Waals surface area (Å²) in [5.74, 6) is -0.501. The molecule has 1 aromatic carbocycles. The predicted molar refractivity (Wildman–Crippen MR) is 95.8 cm³/mol. The quantitative estimate of drug-likeness (QED) is 0.803. The summed E-state index contributed by atoms with van der Waals surface area (Å²) in [5.41, 5.74) is 0.993. The van der Waals surface area contributed by atoms with E-state index >= 15 is 0 Å². The highest BCUT2D eigenvalue weighted by Crippen LogP contribution is 2.20. The molecule has 7 nitrogen and oxygen atoms in total. The van der Waals surface area contributed by atoms with Crippen molar-refractivity contribution in [1.82, 2.24) is 9.62 Å². The lowest BCUT2D eigenvalue weighted by Crippen LogP contribution is -2.40. The Bertz CT molecular complexity index is 875. The zero-order valence-corrected chi connectivity index (χ0v) is 15.6. The van der Waals surface area contributed by atoms with Gasteiger partial charge in [-0.05, 0) is 36.2 Å². The van der Waals surface area contributed by atoms with E-state index in [0.29, 0.717) is 31.2 Å². The maximum atomic E-state index is 12.5. The lowest BCUT2D eigenvalue weighted by atomic mass is 10.1. The van der Waals surface area contributed by atoms with Crippen molar-refractivity contribution in [3.63, 3.8) is 0 Å². The Morgan fingerprint density at radius 2 is 1.96 bits per heavy atom. The van der Waals surface area contributed by atoms with E-state index in [-0.39, 0.29) is 23.9 Å². The van der Waals surface area contributed by atoms with Crippen LogP contribution in [0.2, 0.25) is 5.02 Å². The van der Waals surface area contributed by atoms with Gasteiger partial charge in [0.1, 0.15) is 0 Å². The zero-order valence-electron chi connectivity index (χ0n) is 14.0. The van der Waals surface area contributed by atoms with Crippen molar-refractivity contribution in [2.45, 2.75) is 11.5 Å². The Morgan fingerprint density at radius 3 is 2.69 bits per heavy atom. The third kappa shape index (κ3) is 4.45. The summed E-state index contributed by atoms with van der Waals surface area (Å²) in [6.45, 7) is 1.60. The maximum absolute atomic E-state index is 12.5. The number of morpholine rings is 1. The van der Waals surface area contributed by atoms with Gasteiger partial charge in [0.05, 0.1) is 13.2 Å². The Balaban J connectivity index is 1.59. The van der Waals surface area contributed by atoms with E-state index in [1.54, 1.807) is 6.07 Å². The van der Waals surface area contributed by atoms with Gasteiger partial charge in [-0.25, -0.2) is 8.42 Å². The molecule has 1 aliphatic rings. The number of nitrogens with zero attached hydrogens (tertiary/aromatic N) is 1. The fourth-order valence-electron chi connectivity index (χ4n) is 2.59. The monoisotopic (exact) mass is 398 g/mol. The predicted octanol–water partition coefficient (Wildman–Crippen LogP) is 1.93. The van der Waals surface area contributed by atoms with Crippen LogP contribution in [0.5, 0.6) is 0 Å². The van der Waals surface area contributed by atoms with Gasteiger partial charge in [0.15, 0.2) is 5.76 Å². The SMILES string of the molecule is O=C(NCCc1cccc(Cl)c1)c1ccc(S(=O)(=O)N2CCOCC2)o1. The number of carbonyl (C=O) groups excluding carboxylic acids is 1. The summed E-state index contributed by atoms with van der Waals surface area (Å²) in [5, 5.41) is 3.11. The van der Waals surface area contributed by atoms with Gasteiger partial charge in [0.2, 0.25) is 5.09 Å². The van der Waals surface area contributed by atoms with Crippen molar-refractivity contribution >= 4 is 27.5 Å². The Kier molecular flexibility index (Phi) is 5.98. The molecule has 0 aliphatic carbocycles. The molecular weight excluding hydrogens is 380 g/mol. The van der Waals surface area contributed by atoms with Crippen LogP contribution in [-0.2, 0) is 21.2 Å². The average Bonchev–Trinajstić information content (AvgIpc) is 3.13. The van der Waals surface area contributed by atoms with E-state index in [9.17, 15) is 13.2 Å². The molecule has 2 heterocycles. The van der Waals surface area contributed by atoms with Crippen molar-refractivity contribution < 1.29 is 22.4 Å². The van der Waals surface area contributed by atoms with Crippen LogP contribution in [-0.4, -0.2) is 51.5 Å². The molecule has 1 saturated heterocycles. The number of benzene rings is 1. The maximum Gasteiger partial charge on any atom is 0.287 e.